The van der Waals surface area contributed by atoms with Crippen molar-refractivity contribution < 1.29 is 4.74 Å². The first-order valence-electron chi connectivity index (χ1n) is 5.48. The Labute approximate surface area is 102 Å². The van der Waals surface area contributed by atoms with Gasteiger partial charge in [0.1, 0.15) is 10.8 Å². The van der Waals surface area contributed by atoms with Crippen LogP contribution in [0.1, 0.15) is 0 Å². The molecule has 1 aromatic carbocycles. The number of rotatable bonds is 2. The number of nitrogens with zero attached hydrogens (tertiary/aromatic N) is 2. The zero-order valence-electron chi connectivity index (χ0n) is 9.74. The first-order valence-corrected chi connectivity index (χ1v) is 5.86. The average Bonchev–Trinajstić information content (AvgIpc) is 2.31. The fraction of sp³-hybridized carbons (Fsp3) is 0.500. The van der Waals surface area contributed by atoms with E-state index in [1.54, 1.807) is 7.11 Å². The van der Waals surface area contributed by atoms with Crippen molar-refractivity contribution in [3.8, 4) is 5.75 Å². The van der Waals surface area contributed by atoms with E-state index in [1.807, 2.05) is 12.1 Å². The molecule has 0 radical (unpaired) electrons. The predicted octanol–water partition coefficient (Wildman–Crippen LogP) is 2.10. The lowest BCUT2D eigenvalue weighted by molar-refractivity contribution is 0.312. The summed E-state index contributed by atoms with van der Waals surface area (Å²) in [6.07, 6.45) is 0. The lowest BCUT2D eigenvalue weighted by Crippen LogP contribution is -2.44. The highest BCUT2D eigenvalue weighted by atomic mass is 35.5. The van der Waals surface area contributed by atoms with E-state index in [2.05, 4.69) is 22.9 Å². The first-order chi connectivity index (χ1) is 7.72. The van der Waals surface area contributed by atoms with Crippen molar-refractivity contribution in [3.63, 3.8) is 0 Å². The van der Waals surface area contributed by atoms with Gasteiger partial charge >= 0.3 is 0 Å². The van der Waals surface area contributed by atoms with Crippen LogP contribution in [-0.2, 0) is 0 Å². The van der Waals surface area contributed by atoms with Crippen LogP contribution in [0, 0.1) is 0 Å². The Kier molecular flexibility index (Phi) is 3.56. The number of hydrogen-bond donors (Lipinski definition) is 0. The maximum absolute atomic E-state index is 6.30. The Morgan fingerprint density at radius 1 is 1.19 bits per heavy atom. The molecule has 0 aliphatic carbocycles. The Morgan fingerprint density at radius 3 is 2.50 bits per heavy atom. The van der Waals surface area contributed by atoms with Crippen LogP contribution in [0.4, 0.5) is 5.69 Å². The molecule has 88 valence electrons. The SMILES string of the molecule is COc1cccc(N2CCN(C)CC2)c1Cl. The number of ether oxygens (including phenoxy) is 1. The summed E-state index contributed by atoms with van der Waals surface area (Å²) in [6.45, 7) is 4.19. The van der Waals surface area contributed by atoms with Gasteiger partial charge in [0.2, 0.25) is 0 Å². The third-order valence-electron chi connectivity index (χ3n) is 3.01. The minimum Gasteiger partial charge on any atom is -0.495 e. The van der Waals surface area contributed by atoms with Crippen LogP contribution in [0.15, 0.2) is 18.2 Å². The zero-order valence-corrected chi connectivity index (χ0v) is 10.5. The molecule has 1 saturated heterocycles. The molecule has 3 nitrogen and oxygen atoms in total. The number of likely N-dealkylation sites (N-methyl/N-ethyl adjacent to an activating group) is 1. The van der Waals surface area contributed by atoms with Crippen molar-refractivity contribution in [1.29, 1.82) is 0 Å². The van der Waals surface area contributed by atoms with Gasteiger partial charge in [0.25, 0.3) is 0 Å². The Morgan fingerprint density at radius 2 is 1.88 bits per heavy atom. The summed E-state index contributed by atoms with van der Waals surface area (Å²) < 4.78 is 5.23. The minimum atomic E-state index is 0.717. The molecule has 0 spiro atoms. The Hall–Kier alpha value is -0.930. The van der Waals surface area contributed by atoms with Crippen LogP contribution < -0.4 is 9.64 Å². The third-order valence-corrected chi connectivity index (χ3v) is 3.39. The predicted molar refractivity (Wildman–Crippen MR) is 67.7 cm³/mol. The topological polar surface area (TPSA) is 15.7 Å². The molecule has 16 heavy (non-hydrogen) atoms. The fourth-order valence-corrected chi connectivity index (χ4v) is 2.27. The highest BCUT2D eigenvalue weighted by Crippen LogP contribution is 2.34. The quantitative estimate of drug-likeness (QED) is 0.788. The molecule has 0 saturated carbocycles. The van der Waals surface area contributed by atoms with E-state index in [0.29, 0.717) is 0 Å². The van der Waals surface area contributed by atoms with Gasteiger partial charge in [-0.05, 0) is 19.2 Å². The molecule has 1 heterocycles. The molecule has 1 aliphatic heterocycles. The normalized spacial score (nSPS) is 17.6. The van der Waals surface area contributed by atoms with E-state index < -0.39 is 0 Å². The summed E-state index contributed by atoms with van der Waals surface area (Å²) in [5.74, 6) is 0.748. The molecule has 0 unspecified atom stereocenters. The van der Waals surface area contributed by atoms with Crippen LogP contribution in [0.3, 0.4) is 0 Å². The minimum absolute atomic E-state index is 0.717. The molecule has 0 atom stereocenters. The van der Waals surface area contributed by atoms with E-state index in [4.69, 9.17) is 16.3 Å². The van der Waals surface area contributed by atoms with Crippen LogP contribution >= 0.6 is 11.6 Å². The van der Waals surface area contributed by atoms with Gasteiger partial charge in [-0.2, -0.15) is 0 Å². The molecule has 2 rings (SSSR count). The maximum atomic E-state index is 6.30. The fourth-order valence-electron chi connectivity index (χ4n) is 1.95. The zero-order chi connectivity index (χ0) is 11.5. The molecular weight excluding hydrogens is 224 g/mol. The molecular formula is C12H17ClN2O. The largest absolute Gasteiger partial charge is 0.495 e. The van der Waals surface area contributed by atoms with Gasteiger partial charge < -0.3 is 14.5 Å². The first kappa shape index (κ1) is 11.6. The summed E-state index contributed by atoms with van der Waals surface area (Å²) in [7, 11) is 3.79. The lowest BCUT2D eigenvalue weighted by Gasteiger charge is -2.34. The second-order valence-electron chi connectivity index (χ2n) is 4.08. The number of anilines is 1. The standard InChI is InChI=1S/C12H17ClN2O/c1-14-6-8-15(9-7-14)10-4-3-5-11(16-2)12(10)13/h3-5H,6-9H2,1-2H3. The van der Waals surface area contributed by atoms with E-state index >= 15 is 0 Å². The summed E-state index contributed by atoms with van der Waals surface area (Å²) in [4.78, 5) is 4.63. The number of benzene rings is 1. The number of methoxy groups -OCH3 is 1. The van der Waals surface area contributed by atoms with Crippen molar-refractivity contribution in [2.45, 2.75) is 0 Å². The van der Waals surface area contributed by atoms with Crippen molar-refractivity contribution >= 4 is 17.3 Å². The van der Waals surface area contributed by atoms with Gasteiger partial charge in [-0.25, -0.2) is 0 Å². The number of piperazine rings is 1. The van der Waals surface area contributed by atoms with Crippen LogP contribution in [0.5, 0.6) is 5.75 Å². The molecule has 0 N–H and O–H groups in total. The van der Waals surface area contributed by atoms with Crippen molar-refractivity contribution in [3.05, 3.63) is 23.2 Å². The number of halogens is 1. The van der Waals surface area contributed by atoms with Gasteiger partial charge in [0, 0.05) is 26.2 Å². The van der Waals surface area contributed by atoms with Crippen molar-refractivity contribution in [1.82, 2.24) is 4.90 Å². The van der Waals surface area contributed by atoms with Crippen molar-refractivity contribution in [2.75, 3.05) is 45.2 Å². The molecule has 1 aliphatic rings. The van der Waals surface area contributed by atoms with Crippen LogP contribution in [-0.4, -0.2) is 45.2 Å². The summed E-state index contributed by atoms with van der Waals surface area (Å²) >= 11 is 6.30. The Bertz CT molecular complexity index is 362. The van der Waals surface area contributed by atoms with E-state index in [9.17, 15) is 0 Å². The molecule has 0 bridgehead atoms. The van der Waals surface area contributed by atoms with Gasteiger partial charge in [-0.15, -0.1) is 0 Å². The van der Waals surface area contributed by atoms with Crippen molar-refractivity contribution in [2.24, 2.45) is 0 Å². The highest BCUT2D eigenvalue weighted by Gasteiger charge is 2.17. The highest BCUT2D eigenvalue weighted by molar-refractivity contribution is 6.34. The van der Waals surface area contributed by atoms with E-state index in [1.165, 1.54) is 0 Å². The van der Waals surface area contributed by atoms with Gasteiger partial charge in [0.15, 0.2) is 0 Å². The van der Waals surface area contributed by atoms with Gasteiger partial charge in [-0.1, -0.05) is 17.7 Å². The monoisotopic (exact) mass is 240 g/mol. The second kappa shape index (κ2) is 4.93. The van der Waals surface area contributed by atoms with Gasteiger partial charge in [-0.3, -0.25) is 0 Å². The molecule has 4 heteroatoms. The third kappa shape index (κ3) is 2.25. The average molecular weight is 241 g/mol. The maximum Gasteiger partial charge on any atom is 0.139 e. The smallest absolute Gasteiger partial charge is 0.139 e. The summed E-state index contributed by atoms with van der Waals surface area (Å²) in [6, 6.07) is 5.93. The second-order valence-corrected chi connectivity index (χ2v) is 4.46. The Balaban J connectivity index is 2.20. The van der Waals surface area contributed by atoms with Gasteiger partial charge in [0.05, 0.1) is 12.8 Å². The summed E-state index contributed by atoms with van der Waals surface area (Å²) in [5, 5.41) is 0.717. The van der Waals surface area contributed by atoms with Crippen LogP contribution in [0.2, 0.25) is 5.02 Å². The molecule has 0 amide bonds. The molecule has 0 aromatic heterocycles. The van der Waals surface area contributed by atoms with Crippen LogP contribution in [0.25, 0.3) is 0 Å². The summed E-state index contributed by atoms with van der Waals surface area (Å²) in [5.41, 5.74) is 1.08. The molecule has 1 fully saturated rings. The van der Waals surface area contributed by atoms with E-state index in [0.717, 1.165) is 42.6 Å². The number of hydrogen-bond acceptors (Lipinski definition) is 3. The molecule has 1 aromatic rings. The van der Waals surface area contributed by atoms with E-state index in [-0.39, 0.29) is 0 Å². The lowest BCUT2D eigenvalue weighted by atomic mass is 10.2.